The molecule has 2 heterocycles. The van der Waals surface area contributed by atoms with Gasteiger partial charge in [0.25, 0.3) is 5.91 Å². The van der Waals surface area contributed by atoms with E-state index in [1.165, 1.54) is 28.8 Å². The van der Waals surface area contributed by atoms with Gasteiger partial charge in [0, 0.05) is 12.4 Å². The Morgan fingerprint density at radius 3 is 2.86 bits per heavy atom. The molecule has 1 aliphatic rings. The molecule has 1 aliphatic heterocycles. The number of halogens is 1. The molecule has 0 atom stereocenters. The van der Waals surface area contributed by atoms with Crippen LogP contribution in [0.15, 0.2) is 53.7 Å². The second-order valence-corrected chi connectivity index (χ2v) is 5.96. The van der Waals surface area contributed by atoms with Gasteiger partial charge >= 0.3 is 0 Å². The minimum Gasteiger partial charge on any atom is -0.268 e. The van der Waals surface area contributed by atoms with Crippen molar-refractivity contribution < 1.29 is 9.18 Å². The van der Waals surface area contributed by atoms with Gasteiger partial charge in [0.05, 0.1) is 10.6 Å². The molecule has 0 aliphatic carbocycles. The average molecular weight is 316 g/mol. The summed E-state index contributed by atoms with van der Waals surface area (Å²) in [6.07, 6.45) is 5.05. The Labute approximate surface area is 130 Å². The third kappa shape index (κ3) is 2.86. The van der Waals surface area contributed by atoms with Crippen molar-refractivity contribution >= 4 is 46.0 Å². The van der Waals surface area contributed by atoms with Crippen molar-refractivity contribution in [3.8, 4) is 0 Å². The fourth-order valence-corrected chi connectivity index (χ4v) is 3.22. The Morgan fingerprint density at radius 2 is 2.14 bits per heavy atom. The Bertz CT molecular complexity index is 746. The van der Waals surface area contributed by atoms with E-state index >= 15 is 0 Å². The number of pyridine rings is 1. The number of anilines is 1. The summed E-state index contributed by atoms with van der Waals surface area (Å²) in [5.41, 5.74) is 1.25. The molecule has 3 nitrogen and oxygen atoms in total. The van der Waals surface area contributed by atoms with Crippen LogP contribution >= 0.6 is 24.0 Å². The summed E-state index contributed by atoms with van der Waals surface area (Å²) in [6, 6.07) is 9.46. The summed E-state index contributed by atoms with van der Waals surface area (Å²) in [6.45, 7) is 0. The van der Waals surface area contributed by atoms with Crippen LogP contribution in [0, 0.1) is 5.82 Å². The number of hydrogen-bond acceptors (Lipinski definition) is 4. The van der Waals surface area contributed by atoms with Crippen LogP contribution in [0.1, 0.15) is 5.56 Å². The van der Waals surface area contributed by atoms with Gasteiger partial charge in [-0.2, -0.15) is 0 Å². The van der Waals surface area contributed by atoms with E-state index in [-0.39, 0.29) is 5.91 Å². The smallest absolute Gasteiger partial charge is 0.268 e. The lowest BCUT2D eigenvalue weighted by Gasteiger charge is -2.14. The number of benzene rings is 1. The van der Waals surface area contributed by atoms with Gasteiger partial charge < -0.3 is 0 Å². The summed E-state index contributed by atoms with van der Waals surface area (Å²) >= 11 is 6.42. The van der Waals surface area contributed by atoms with Crippen molar-refractivity contribution in [3.05, 3.63) is 65.1 Å². The minimum atomic E-state index is -0.405. The van der Waals surface area contributed by atoms with E-state index in [0.29, 0.717) is 14.9 Å². The van der Waals surface area contributed by atoms with Gasteiger partial charge in [-0.15, -0.1) is 0 Å². The highest BCUT2D eigenvalue weighted by Gasteiger charge is 2.33. The van der Waals surface area contributed by atoms with E-state index in [1.807, 2.05) is 6.07 Å². The van der Waals surface area contributed by atoms with Gasteiger partial charge in [0.2, 0.25) is 0 Å². The summed E-state index contributed by atoms with van der Waals surface area (Å²) in [4.78, 5) is 18.3. The minimum absolute atomic E-state index is 0.251. The summed E-state index contributed by atoms with van der Waals surface area (Å²) in [7, 11) is 0. The fourth-order valence-electron chi connectivity index (χ4n) is 1.92. The van der Waals surface area contributed by atoms with E-state index in [0.717, 1.165) is 5.56 Å². The first kappa shape index (κ1) is 13.9. The van der Waals surface area contributed by atoms with E-state index in [1.54, 1.807) is 36.7 Å². The lowest BCUT2D eigenvalue weighted by Crippen LogP contribution is -2.27. The van der Waals surface area contributed by atoms with E-state index in [4.69, 9.17) is 12.2 Å². The zero-order chi connectivity index (χ0) is 14.8. The highest BCUT2D eigenvalue weighted by atomic mass is 32.2. The maximum atomic E-state index is 13.3. The van der Waals surface area contributed by atoms with Gasteiger partial charge in [-0.1, -0.05) is 36.1 Å². The fraction of sp³-hybridized carbons (Fsp3) is 0. The van der Waals surface area contributed by atoms with Crippen molar-refractivity contribution in [1.29, 1.82) is 0 Å². The van der Waals surface area contributed by atoms with E-state index < -0.39 is 5.82 Å². The quantitative estimate of drug-likeness (QED) is 0.626. The third-order valence-electron chi connectivity index (χ3n) is 2.84. The highest BCUT2D eigenvalue weighted by molar-refractivity contribution is 8.27. The molecule has 0 saturated carbocycles. The van der Waals surface area contributed by atoms with E-state index in [9.17, 15) is 9.18 Å². The average Bonchev–Trinajstić information content (AvgIpc) is 2.74. The van der Waals surface area contributed by atoms with Gasteiger partial charge in [-0.25, -0.2) is 4.39 Å². The molecule has 0 N–H and O–H groups in total. The Morgan fingerprint density at radius 1 is 1.29 bits per heavy atom. The van der Waals surface area contributed by atoms with Crippen LogP contribution in [0.5, 0.6) is 0 Å². The number of carbonyl (C=O) groups is 1. The molecule has 0 radical (unpaired) electrons. The SMILES string of the molecule is O=C1/C(=C/c2cccnc2)SC(=S)N1c1cccc(F)c1. The van der Waals surface area contributed by atoms with Crippen LogP contribution < -0.4 is 4.90 Å². The molecule has 6 heteroatoms. The van der Waals surface area contributed by atoms with Crippen molar-refractivity contribution in [1.82, 2.24) is 4.98 Å². The standard InChI is InChI=1S/C15H9FN2OS2/c16-11-4-1-5-12(8-11)18-14(19)13(21-15(18)20)7-10-3-2-6-17-9-10/h1-9H/b13-7-. The predicted octanol–water partition coefficient (Wildman–Crippen LogP) is 3.63. The molecule has 0 spiro atoms. The molecule has 1 fully saturated rings. The first-order valence-electron chi connectivity index (χ1n) is 6.09. The Kier molecular flexibility index (Phi) is 3.81. The van der Waals surface area contributed by atoms with Crippen LogP contribution in [-0.4, -0.2) is 15.2 Å². The lowest BCUT2D eigenvalue weighted by atomic mass is 10.2. The highest BCUT2D eigenvalue weighted by Crippen LogP contribution is 2.35. The third-order valence-corrected chi connectivity index (χ3v) is 4.14. The summed E-state index contributed by atoms with van der Waals surface area (Å²) in [5.74, 6) is -0.655. The zero-order valence-electron chi connectivity index (χ0n) is 10.7. The number of thioether (sulfide) groups is 1. The number of carbonyl (C=O) groups excluding carboxylic acids is 1. The monoisotopic (exact) mass is 316 g/mol. The topological polar surface area (TPSA) is 33.2 Å². The van der Waals surface area contributed by atoms with Crippen molar-refractivity contribution in [2.24, 2.45) is 0 Å². The van der Waals surface area contributed by atoms with Crippen LogP contribution in [-0.2, 0) is 4.79 Å². The molecule has 1 amide bonds. The number of thiocarbonyl (C=S) groups is 1. The van der Waals surface area contributed by atoms with Crippen molar-refractivity contribution in [2.45, 2.75) is 0 Å². The number of aromatic nitrogens is 1. The largest absolute Gasteiger partial charge is 0.270 e. The second-order valence-electron chi connectivity index (χ2n) is 4.28. The molecular formula is C15H9FN2OS2. The van der Waals surface area contributed by atoms with Gasteiger partial charge in [0.15, 0.2) is 4.32 Å². The maximum Gasteiger partial charge on any atom is 0.270 e. The molecule has 1 aromatic carbocycles. The summed E-state index contributed by atoms with van der Waals surface area (Å²) < 4.78 is 13.7. The Balaban J connectivity index is 1.94. The molecule has 0 bridgehead atoms. The number of nitrogens with zero attached hydrogens (tertiary/aromatic N) is 2. The molecular weight excluding hydrogens is 307 g/mol. The normalized spacial score (nSPS) is 16.8. The first-order chi connectivity index (χ1) is 10.1. The second kappa shape index (κ2) is 5.75. The molecule has 1 aromatic heterocycles. The predicted molar refractivity (Wildman–Crippen MR) is 86.3 cm³/mol. The zero-order valence-corrected chi connectivity index (χ0v) is 12.3. The van der Waals surface area contributed by atoms with Crippen molar-refractivity contribution in [2.75, 3.05) is 4.90 Å². The van der Waals surface area contributed by atoms with Crippen LogP contribution in [0.3, 0.4) is 0 Å². The lowest BCUT2D eigenvalue weighted by molar-refractivity contribution is -0.113. The first-order valence-corrected chi connectivity index (χ1v) is 7.31. The van der Waals surface area contributed by atoms with Crippen molar-refractivity contribution in [3.63, 3.8) is 0 Å². The Hall–Kier alpha value is -2.05. The van der Waals surface area contributed by atoms with Crippen LogP contribution in [0.4, 0.5) is 10.1 Å². The maximum absolute atomic E-state index is 13.3. The number of amides is 1. The molecule has 104 valence electrons. The van der Waals surface area contributed by atoms with E-state index in [2.05, 4.69) is 4.98 Å². The molecule has 21 heavy (non-hydrogen) atoms. The van der Waals surface area contributed by atoms with Crippen LogP contribution in [0.25, 0.3) is 6.08 Å². The van der Waals surface area contributed by atoms with Gasteiger partial charge in [0.1, 0.15) is 5.82 Å². The molecule has 3 rings (SSSR count). The molecule has 2 aromatic rings. The molecule has 1 saturated heterocycles. The van der Waals surface area contributed by atoms with Crippen LogP contribution in [0.2, 0.25) is 0 Å². The van der Waals surface area contributed by atoms with Gasteiger partial charge in [-0.3, -0.25) is 14.7 Å². The number of rotatable bonds is 2. The number of hydrogen-bond donors (Lipinski definition) is 0. The molecule has 0 unspecified atom stereocenters. The summed E-state index contributed by atoms with van der Waals surface area (Å²) in [5, 5.41) is 0. The van der Waals surface area contributed by atoms with Gasteiger partial charge in [-0.05, 0) is 35.9 Å².